The first kappa shape index (κ1) is 30.6. The Kier molecular flexibility index (Phi) is 9.02. The van der Waals surface area contributed by atoms with Gasteiger partial charge in [0.05, 0.1) is 12.8 Å². The molecular weight excluding hydrogens is 566 g/mol. The van der Waals surface area contributed by atoms with Crippen LogP contribution in [0.3, 0.4) is 0 Å². The zero-order chi connectivity index (χ0) is 31.5. The number of nitrogens with zero attached hydrogens (tertiary/aromatic N) is 5. The van der Waals surface area contributed by atoms with Crippen LogP contribution in [0.1, 0.15) is 65.9 Å². The van der Waals surface area contributed by atoms with Crippen molar-refractivity contribution in [3.8, 4) is 17.2 Å². The number of ether oxygens (including phenoxy) is 1. The molecule has 1 amide bonds. The number of hydrogen-bond acceptors (Lipinski definition) is 9. The lowest BCUT2D eigenvalue weighted by atomic mass is 10.0. The van der Waals surface area contributed by atoms with Crippen LogP contribution in [0.25, 0.3) is 11.5 Å². The zero-order valence-corrected chi connectivity index (χ0v) is 26.9. The molecule has 0 unspecified atom stereocenters. The monoisotopic (exact) mass is 609 g/mol. The highest BCUT2D eigenvalue weighted by molar-refractivity contribution is 6.05. The highest BCUT2D eigenvalue weighted by Gasteiger charge is 2.29. The fraction of sp³-hybridized carbons (Fsp3) is 0.429. The third-order valence-corrected chi connectivity index (χ3v) is 9.18. The van der Waals surface area contributed by atoms with E-state index in [9.17, 15) is 4.79 Å². The van der Waals surface area contributed by atoms with Gasteiger partial charge >= 0.3 is 0 Å². The molecule has 45 heavy (non-hydrogen) atoms. The molecule has 0 atom stereocenters. The lowest BCUT2D eigenvalue weighted by Crippen LogP contribution is -2.41. The van der Waals surface area contributed by atoms with Crippen molar-refractivity contribution in [2.45, 2.75) is 64.8 Å². The SMILES string of the molecule is CCc1cccc(CC)c1NC(=O)c1noc2c1CCCc1cnc(Nc3ccc(N4CCC(N(C)C)CC4)cc3OC)nc1-2. The van der Waals surface area contributed by atoms with Crippen molar-refractivity contribution in [2.24, 2.45) is 0 Å². The van der Waals surface area contributed by atoms with Crippen molar-refractivity contribution in [2.75, 3.05) is 49.8 Å². The van der Waals surface area contributed by atoms with Crippen LogP contribution in [0.2, 0.25) is 0 Å². The van der Waals surface area contributed by atoms with Gasteiger partial charge in [-0.25, -0.2) is 9.97 Å². The van der Waals surface area contributed by atoms with E-state index in [2.05, 4.69) is 82.8 Å². The maximum atomic E-state index is 13.6. The predicted octanol–water partition coefficient (Wildman–Crippen LogP) is 6.28. The smallest absolute Gasteiger partial charge is 0.278 e. The molecule has 1 aliphatic carbocycles. The Morgan fingerprint density at radius 3 is 2.53 bits per heavy atom. The number of carbonyl (C=O) groups excluding carboxylic acids is 1. The van der Waals surface area contributed by atoms with Gasteiger partial charge in [0.2, 0.25) is 5.95 Å². The Morgan fingerprint density at radius 1 is 1.09 bits per heavy atom. The summed E-state index contributed by atoms with van der Waals surface area (Å²) in [6.07, 6.45) is 8.04. The van der Waals surface area contributed by atoms with E-state index < -0.39 is 0 Å². The minimum atomic E-state index is -0.262. The number of piperidine rings is 1. The van der Waals surface area contributed by atoms with Crippen molar-refractivity contribution in [1.82, 2.24) is 20.0 Å². The molecule has 10 nitrogen and oxygen atoms in total. The van der Waals surface area contributed by atoms with Gasteiger partial charge in [0, 0.05) is 53.9 Å². The molecular formula is C35H43N7O3. The summed E-state index contributed by atoms with van der Waals surface area (Å²) < 4.78 is 11.6. The van der Waals surface area contributed by atoms with Gasteiger partial charge in [0.25, 0.3) is 5.91 Å². The number of amides is 1. The van der Waals surface area contributed by atoms with E-state index in [0.717, 1.165) is 96.7 Å². The second-order valence-electron chi connectivity index (χ2n) is 12.1. The first-order valence-corrected chi connectivity index (χ1v) is 16.0. The highest BCUT2D eigenvalue weighted by atomic mass is 16.5. The predicted molar refractivity (Wildman–Crippen MR) is 178 cm³/mol. The van der Waals surface area contributed by atoms with Crippen LogP contribution in [-0.4, -0.2) is 66.3 Å². The number of fused-ring (bicyclic) bond motifs is 3. The van der Waals surface area contributed by atoms with Gasteiger partial charge in [0.1, 0.15) is 11.4 Å². The molecule has 4 aromatic rings. The molecule has 6 rings (SSSR count). The summed E-state index contributed by atoms with van der Waals surface area (Å²) in [7, 11) is 5.99. The largest absolute Gasteiger partial charge is 0.494 e. The average Bonchev–Trinajstić information content (AvgIpc) is 3.41. The maximum absolute atomic E-state index is 13.6. The number of para-hydroxylation sites is 1. The molecule has 1 aliphatic heterocycles. The summed E-state index contributed by atoms with van der Waals surface area (Å²) in [6.45, 7) is 6.20. The van der Waals surface area contributed by atoms with Crippen LogP contribution in [0.15, 0.2) is 47.1 Å². The van der Waals surface area contributed by atoms with Gasteiger partial charge in [-0.05, 0) is 82.3 Å². The standard InChI is InChI=1S/C35H43N7O3/c1-6-22-10-8-11-23(7-2)30(22)38-34(43)32-27-13-9-12-24-21-36-35(39-31(24)33(27)45-40-32)37-28-15-14-26(20-29(28)44-5)42-18-16-25(17-19-42)41(3)4/h8,10-11,14-15,20-21,25H,6-7,9,12-13,16-19H2,1-5H3,(H,38,43)(H,36,37,39). The number of hydrogen-bond donors (Lipinski definition) is 2. The summed E-state index contributed by atoms with van der Waals surface area (Å²) in [4.78, 5) is 27.8. The molecule has 0 bridgehead atoms. The van der Waals surface area contributed by atoms with Crippen molar-refractivity contribution in [3.63, 3.8) is 0 Å². The molecule has 2 aliphatic rings. The number of aromatic nitrogens is 3. The summed E-state index contributed by atoms with van der Waals surface area (Å²) >= 11 is 0. The summed E-state index contributed by atoms with van der Waals surface area (Å²) in [5, 5.41) is 10.8. The van der Waals surface area contributed by atoms with Gasteiger partial charge < -0.3 is 29.7 Å². The molecule has 2 aromatic heterocycles. The van der Waals surface area contributed by atoms with Gasteiger partial charge in [0.15, 0.2) is 11.5 Å². The Hall–Kier alpha value is -4.44. The first-order chi connectivity index (χ1) is 21.9. The van der Waals surface area contributed by atoms with E-state index >= 15 is 0 Å². The van der Waals surface area contributed by atoms with Crippen LogP contribution >= 0.6 is 0 Å². The highest BCUT2D eigenvalue weighted by Crippen LogP contribution is 2.36. The summed E-state index contributed by atoms with van der Waals surface area (Å²) in [6, 6.07) is 13.0. The number of aryl methyl sites for hydroxylation is 3. The molecule has 236 valence electrons. The van der Waals surface area contributed by atoms with Crippen molar-refractivity contribution >= 4 is 28.9 Å². The molecule has 3 heterocycles. The zero-order valence-electron chi connectivity index (χ0n) is 26.9. The van der Waals surface area contributed by atoms with E-state index in [1.807, 2.05) is 18.3 Å². The lowest BCUT2D eigenvalue weighted by Gasteiger charge is -2.36. The normalized spacial score (nSPS) is 14.9. The Balaban J connectivity index is 1.24. The Bertz CT molecular complexity index is 1650. The third kappa shape index (κ3) is 6.24. The summed E-state index contributed by atoms with van der Waals surface area (Å²) in [5.74, 6) is 1.41. The Morgan fingerprint density at radius 2 is 1.84 bits per heavy atom. The van der Waals surface area contributed by atoms with E-state index in [-0.39, 0.29) is 5.91 Å². The van der Waals surface area contributed by atoms with Crippen LogP contribution < -0.4 is 20.3 Å². The molecule has 2 N–H and O–H groups in total. The molecule has 2 aromatic carbocycles. The molecule has 0 radical (unpaired) electrons. The summed E-state index contributed by atoms with van der Waals surface area (Å²) in [5.41, 5.74) is 7.70. The minimum Gasteiger partial charge on any atom is -0.494 e. The number of benzene rings is 2. The van der Waals surface area contributed by atoms with E-state index in [1.165, 1.54) is 0 Å². The van der Waals surface area contributed by atoms with Crippen LogP contribution in [0.5, 0.6) is 5.75 Å². The van der Waals surface area contributed by atoms with Crippen LogP contribution in [0.4, 0.5) is 23.0 Å². The van der Waals surface area contributed by atoms with Crippen molar-refractivity contribution in [3.05, 3.63) is 70.5 Å². The van der Waals surface area contributed by atoms with Crippen molar-refractivity contribution < 1.29 is 14.1 Å². The first-order valence-electron chi connectivity index (χ1n) is 16.0. The van der Waals surface area contributed by atoms with Gasteiger partial charge in [-0.1, -0.05) is 37.2 Å². The molecule has 10 heteroatoms. The molecule has 0 spiro atoms. The fourth-order valence-electron chi connectivity index (χ4n) is 6.52. The van der Waals surface area contributed by atoms with E-state index in [1.54, 1.807) is 7.11 Å². The fourth-order valence-corrected chi connectivity index (χ4v) is 6.52. The quantitative estimate of drug-likeness (QED) is 0.227. The van der Waals surface area contributed by atoms with Crippen LogP contribution in [0, 0.1) is 0 Å². The third-order valence-electron chi connectivity index (χ3n) is 9.18. The molecule has 1 fully saturated rings. The number of rotatable bonds is 9. The van der Waals surface area contributed by atoms with Crippen molar-refractivity contribution in [1.29, 1.82) is 0 Å². The average molecular weight is 610 g/mol. The second kappa shape index (κ2) is 13.3. The molecule has 0 saturated carbocycles. The number of methoxy groups -OCH3 is 1. The minimum absolute atomic E-state index is 0.262. The number of carbonyl (C=O) groups is 1. The Labute approximate surface area is 265 Å². The maximum Gasteiger partial charge on any atom is 0.278 e. The van der Waals surface area contributed by atoms with Gasteiger partial charge in [-0.2, -0.15) is 0 Å². The van der Waals surface area contributed by atoms with Gasteiger partial charge in [-0.3, -0.25) is 4.79 Å². The van der Waals surface area contributed by atoms with E-state index in [4.69, 9.17) is 14.2 Å². The number of anilines is 4. The molecule has 1 saturated heterocycles. The van der Waals surface area contributed by atoms with Crippen LogP contribution in [-0.2, 0) is 25.7 Å². The van der Waals surface area contributed by atoms with Gasteiger partial charge in [-0.15, -0.1) is 0 Å². The topological polar surface area (TPSA) is 109 Å². The van der Waals surface area contributed by atoms with E-state index in [0.29, 0.717) is 35.6 Å². The lowest BCUT2D eigenvalue weighted by molar-refractivity contribution is 0.101. The number of nitrogens with one attached hydrogen (secondary N) is 2. The second-order valence-corrected chi connectivity index (χ2v) is 12.1.